The molecule has 4 nitrogen and oxygen atoms in total. The molecule has 0 fully saturated rings. The van der Waals surface area contributed by atoms with Crippen LogP contribution in [0, 0.1) is 0 Å². The highest BCUT2D eigenvalue weighted by atomic mass is 16.5. The second-order valence-electron chi connectivity index (χ2n) is 2.76. The highest BCUT2D eigenvalue weighted by Gasteiger charge is 2.21. The number of methoxy groups -OCH3 is 1. The Kier molecular flexibility index (Phi) is 3.22. The zero-order chi connectivity index (χ0) is 8.97. The standard InChI is InChI=1S/C8H14N2O2/c1-3-4-6(12-2)8-9-5-7(11)10-8/h6H,3-5H2,1-2H3,(H,9,10,11). The summed E-state index contributed by atoms with van der Waals surface area (Å²) in [6.45, 7) is 2.32. The molecule has 0 bridgehead atoms. The third-order valence-electron chi connectivity index (χ3n) is 1.80. The van der Waals surface area contributed by atoms with E-state index in [0.717, 1.165) is 12.8 Å². The van der Waals surface area contributed by atoms with Gasteiger partial charge in [-0.05, 0) is 6.42 Å². The fourth-order valence-electron chi connectivity index (χ4n) is 1.19. The Hall–Kier alpha value is -0.900. The van der Waals surface area contributed by atoms with Gasteiger partial charge in [-0.1, -0.05) is 13.3 Å². The van der Waals surface area contributed by atoms with Gasteiger partial charge in [-0.3, -0.25) is 9.79 Å². The maximum absolute atomic E-state index is 10.8. The van der Waals surface area contributed by atoms with E-state index in [9.17, 15) is 4.79 Å². The number of amidine groups is 1. The summed E-state index contributed by atoms with van der Waals surface area (Å²) >= 11 is 0. The van der Waals surface area contributed by atoms with Gasteiger partial charge >= 0.3 is 0 Å². The predicted octanol–water partition coefficient (Wildman–Crippen LogP) is 0.330. The van der Waals surface area contributed by atoms with Crippen LogP contribution in [0.25, 0.3) is 0 Å². The zero-order valence-electron chi connectivity index (χ0n) is 7.46. The van der Waals surface area contributed by atoms with Gasteiger partial charge in [-0.2, -0.15) is 0 Å². The minimum absolute atomic E-state index is 0.0387. The van der Waals surface area contributed by atoms with Gasteiger partial charge in [-0.25, -0.2) is 0 Å². The number of carbonyl (C=O) groups excluding carboxylic acids is 1. The first kappa shape index (κ1) is 9.19. The maximum Gasteiger partial charge on any atom is 0.247 e. The van der Waals surface area contributed by atoms with Gasteiger partial charge in [-0.15, -0.1) is 0 Å². The third kappa shape index (κ3) is 2.04. The summed E-state index contributed by atoms with van der Waals surface area (Å²) in [5.41, 5.74) is 0. The predicted molar refractivity (Wildman–Crippen MR) is 46.1 cm³/mol. The molecule has 0 spiro atoms. The van der Waals surface area contributed by atoms with Crippen molar-refractivity contribution in [2.75, 3.05) is 13.7 Å². The van der Waals surface area contributed by atoms with Crippen LogP contribution in [0.15, 0.2) is 4.99 Å². The van der Waals surface area contributed by atoms with Crippen LogP contribution in [0.1, 0.15) is 19.8 Å². The van der Waals surface area contributed by atoms with Crippen LogP contribution >= 0.6 is 0 Å². The highest BCUT2D eigenvalue weighted by Crippen LogP contribution is 2.04. The Morgan fingerprint density at radius 3 is 2.92 bits per heavy atom. The molecule has 12 heavy (non-hydrogen) atoms. The van der Waals surface area contributed by atoms with Crippen molar-refractivity contribution >= 4 is 11.7 Å². The average Bonchev–Trinajstić information content (AvgIpc) is 2.47. The number of hydrogen-bond donors (Lipinski definition) is 1. The lowest BCUT2D eigenvalue weighted by molar-refractivity contribution is -0.117. The molecule has 1 rings (SSSR count). The van der Waals surface area contributed by atoms with Crippen LogP contribution in [-0.4, -0.2) is 31.5 Å². The fourth-order valence-corrected chi connectivity index (χ4v) is 1.19. The van der Waals surface area contributed by atoms with Crippen molar-refractivity contribution in [3.8, 4) is 0 Å². The van der Waals surface area contributed by atoms with E-state index in [0.29, 0.717) is 5.84 Å². The van der Waals surface area contributed by atoms with Crippen LogP contribution < -0.4 is 5.32 Å². The van der Waals surface area contributed by atoms with Crippen LogP contribution in [0.4, 0.5) is 0 Å². The first-order chi connectivity index (χ1) is 5.77. The molecule has 0 saturated heterocycles. The first-order valence-corrected chi connectivity index (χ1v) is 4.15. The molecule has 1 aliphatic heterocycles. The molecular formula is C8H14N2O2. The van der Waals surface area contributed by atoms with Gasteiger partial charge in [0.2, 0.25) is 5.91 Å². The summed E-state index contributed by atoms with van der Waals surface area (Å²) in [7, 11) is 1.63. The van der Waals surface area contributed by atoms with Gasteiger partial charge in [0, 0.05) is 7.11 Å². The highest BCUT2D eigenvalue weighted by molar-refractivity contribution is 6.05. The molecule has 68 valence electrons. The van der Waals surface area contributed by atoms with E-state index in [1.54, 1.807) is 7.11 Å². The molecule has 0 saturated carbocycles. The Balaban J connectivity index is 2.49. The van der Waals surface area contributed by atoms with Crippen molar-refractivity contribution in [2.24, 2.45) is 4.99 Å². The Bertz CT molecular complexity index is 201. The van der Waals surface area contributed by atoms with Crippen molar-refractivity contribution in [2.45, 2.75) is 25.9 Å². The molecule has 1 aliphatic rings. The normalized spacial score (nSPS) is 18.8. The molecular weight excluding hydrogens is 156 g/mol. The van der Waals surface area contributed by atoms with Crippen LogP contribution in [0.5, 0.6) is 0 Å². The Labute approximate surface area is 72.0 Å². The summed E-state index contributed by atoms with van der Waals surface area (Å²) in [6, 6.07) is 0. The van der Waals surface area contributed by atoms with Crippen molar-refractivity contribution in [3.63, 3.8) is 0 Å². The molecule has 0 aliphatic carbocycles. The van der Waals surface area contributed by atoms with E-state index in [1.165, 1.54) is 0 Å². The van der Waals surface area contributed by atoms with E-state index in [-0.39, 0.29) is 18.6 Å². The Morgan fingerprint density at radius 1 is 1.75 bits per heavy atom. The van der Waals surface area contributed by atoms with Gasteiger partial charge in [0.1, 0.15) is 18.5 Å². The molecule has 1 atom stereocenters. The number of rotatable bonds is 4. The van der Waals surface area contributed by atoms with Crippen LogP contribution in [0.2, 0.25) is 0 Å². The molecule has 0 aromatic carbocycles. The maximum atomic E-state index is 10.8. The second kappa shape index (κ2) is 4.21. The summed E-state index contributed by atoms with van der Waals surface area (Å²) < 4.78 is 5.18. The number of amides is 1. The molecule has 4 heteroatoms. The smallest absolute Gasteiger partial charge is 0.247 e. The second-order valence-corrected chi connectivity index (χ2v) is 2.76. The van der Waals surface area contributed by atoms with Gasteiger partial charge in [0.25, 0.3) is 0 Å². The SMILES string of the molecule is CCCC(OC)C1=NCC(=O)N1. The molecule has 1 heterocycles. The van der Waals surface area contributed by atoms with Gasteiger partial charge < -0.3 is 10.1 Å². The van der Waals surface area contributed by atoms with E-state index in [1.807, 2.05) is 0 Å². The summed E-state index contributed by atoms with van der Waals surface area (Å²) in [4.78, 5) is 14.8. The first-order valence-electron chi connectivity index (χ1n) is 4.15. The lowest BCUT2D eigenvalue weighted by atomic mass is 10.2. The van der Waals surface area contributed by atoms with Crippen molar-refractivity contribution < 1.29 is 9.53 Å². The molecule has 1 amide bonds. The van der Waals surface area contributed by atoms with E-state index in [4.69, 9.17) is 4.74 Å². The lowest BCUT2D eigenvalue weighted by Gasteiger charge is -2.13. The minimum Gasteiger partial charge on any atom is -0.374 e. The molecule has 0 radical (unpaired) electrons. The number of hydrogen-bond acceptors (Lipinski definition) is 3. The summed E-state index contributed by atoms with van der Waals surface area (Å²) in [6.07, 6.45) is 1.88. The quantitative estimate of drug-likeness (QED) is 0.661. The van der Waals surface area contributed by atoms with E-state index < -0.39 is 0 Å². The molecule has 0 aromatic heterocycles. The number of nitrogens with one attached hydrogen (secondary N) is 1. The minimum atomic E-state index is -0.0403. The number of aliphatic imine (C=N–C) groups is 1. The third-order valence-corrected chi connectivity index (χ3v) is 1.80. The van der Waals surface area contributed by atoms with Crippen LogP contribution in [0.3, 0.4) is 0 Å². The van der Waals surface area contributed by atoms with E-state index >= 15 is 0 Å². The Morgan fingerprint density at radius 2 is 2.50 bits per heavy atom. The topological polar surface area (TPSA) is 50.7 Å². The van der Waals surface area contributed by atoms with Crippen LogP contribution in [-0.2, 0) is 9.53 Å². The number of nitrogens with zero attached hydrogens (tertiary/aromatic N) is 1. The zero-order valence-corrected chi connectivity index (χ0v) is 7.46. The van der Waals surface area contributed by atoms with Gasteiger partial charge in [0.15, 0.2) is 0 Å². The number of carbonyl (C=O) groups is 1. The fraction of sp³-hybridized carbons (Fsp3) is 0.750. The van der Waals surface area contributed by atoms with Gasteiger partial charge in [0.05, 0.1) is 0 Å². The van der Waals surface area contributed by atoms with Crippen molar-refractivity contribution in [1.82, 2.24) is 5.32 Å². The molecule has 1 N–H and O–H groups in total. The largest absolute Gasteiger partial charge is 0.374 e. The summed E-state index contributed by atoms with van der Waals surface area (Å²) in [5, 5.41) is 2.68. The van der Waals surface area contributed by atoms with Crippen molar-refractivity contribution in [3.05, 3.63) is 0 Å². The van der Waals surface area contributed by atoms with Crippen molar-refractivity contribution in [1.29, 1.82) is 0 Å². The van der Waals surface area contributed by atoms with E-state index in [2.05, 4.69) is 17.2 Å². The number of ether oxygens (including phenoxy) is 1. The monoisotopic (exact) mass is 170 g/mol. The lowest BCUT2D eigenvalue weighted by Crippen LogP contribution is -2.35. The summed E-state index contributed by atoms with van der Waals surface area (Å²) in [5.74, 6) is 0.646. The molecule has 0 aromatic rings. The molecule has 1 unspecified atom stereocenters. The average molecular weight is 170 g/mol.